The number of para-hydroxylation sites is 1. The van der Waals surface area contributed by atoms with E-state index in [-0.39, 0.29) is 25.1 Å². The number of nitrogens with zero attached hydrogens (tertiary/aromatic N) is 1. The van der Waals surface area contributed by atoms with E-state index in [4.69, 9.17) is 9.84 Å². The van der Waals surface area contributed by atoms with E-state index in [2.05, 4.69) is 5.32 Å². The lowest BCUT2D eigenvalue weighted by Gasteiger charge is -2.41. The number of halogens is 3. The van der Waals surface area contributed by atoms with Gasteiger partial charge in [-0.05, 0) is 18.6 Å². The molecule has 10 heteroatoms. The number of aliphatic hydroxyl groups is 2. The number of carbonyl (C=O) groups excluding carboxylic acids is 2. The summed E-state index contributed by atoms with van der Waals surface area (Å²) in [4.78, 5) is 26.5. The molecule has 1 aliphatic carbocycles. The van der Waals surface area contributed by atoms with E-state index in [1.807, 2.05) is 6.92 Å². The Labute approximate surface area is 202 Å². The number of unbranched alkanes of at least 4 members (excludes halogenated alkanes) is 4. The summed E-state index contributed by atoms with van der Waals surface area (Å²) >= 11 is 0. The first-order chi connectivity index (χ1) is 16.7. The van der Waals surface area contributed by atoms with Crippen LogP contribution in [0.1, 0.15) is 56.9 Å². The van der Waals surface area contributed by atoms with Crippen molar-refractivity contribution in [3.63, 3.8) is 0 Å². The van der Waals surface area contributed by atoms with E-state index in [1.165, 1.54) is 6.08 Å². The Morgan fingerprint density at radius 2 is 1.86 bits per heavy atom. The summed E-state index contributed by atoms with van der Waals surface area (Å²) in [5.41, 5.74) is 0.733. The molecule has 0 radical (unpaired) electrons. The minimum atomic E-state index is -4.69. The lowest BCUT2D eigenvalue weighted by Crippen LogP contribution is -2.57. The van der Waals surface area contributed by atoms with Gasteiger partial charge in [0.2, 0.25) is 11.8 Å². The highest BCUT2D eigenvalue weighted by molar-refractivity contribution is 5.96. The van der Waals surface area contributed by atoms with Crippen molar-refractivity contribution in [2.75, 3.05) is 19.7 Å². The molecule has 0 saturated carbocycles. The van der Waals surface area contributed by atoms with Crippen LogP contribution in [0.2, 0.25) is 0 Å². The molecular weight excluding hydrogens is 465 g/mol. The number of rotatable bonds is 11. The molecule has 2 amide bonds. The Bertz CT molecular complexity index is 921. The molecule has 1 aromatic carbocycles. The van der Waals surface area contributed by atoms with Gasteiger partial charge < -0.3 is 25.2 Å². The molecule has 194 valence electrons. The van der Waals surface area contributed by atoms with Crippen molar-refractivity contribution in [1.29, 1.82) is 0 Å². The standard InChI is InChI=1S/C25H33F3N2O5/c1-2-3-4-5-6-11-20(32)30(15-25(26,27)28)18-14-17(24(34)29-12-13-31)21-16-9-7-8-10-19(16)35-23(21)22(18)33/h7-10,14,18,21-23,31,33H,2-6,11-13,15H2,1H3,(H,29,34). The van der Waals surface area contributed by atoms with Gasteiger partial charge in [0.15, 0.2) is 0 Å². The van der Waals surface area contributed by atoms with E-state index >= 15 is 0 Å². The summed E-state index contributed by atoms with van der Waals surface area (Å²) in [6, 6.07) is 5.45. The predicted molar refractivity (Wildman–Crippen MR) is 123 cm³/mol. The van der Waals surface area contributed by atoms with Gasteiger partial charge in [0.05, 0.1) is 18.6 Å². The van der Waals surface area contributed by atoms with Crippen LogP contribution < -0.4 is 10.1 Å². The second-order valence-corrected chi connectivity index (χ2v) is 8.98. The number of ether oxygens (including phenoxy) is 1. The third-order valence-corrected chi connectivity index (χ3v) is 6.40. The fourth-order valence-electron chi connectivity index (χ4n) is 4.77. The van der Waals surface area contributed by atoms with Crippen LogP contribution in [0, 0.1) is 0 Å². The molecule has 0 fully saturated rings. The molecule has 0 spiro atoms. The Hall–Kier alpha value is -2.59. The minimum absolute atomic E-state index is 0.0494. The summed E-state index contributed by atoms with van der Waals surface area (Å²) in [5.74, 6) is -1.62. The van der Waals surface area contributed by atoms with E-state index in [0.717, 1.165) is 25.7 Å². The SMILES string of the molecule is CCCCCCCC(=O)N(CC(F)(F)F)C1C=C(C(=O)NCCO)C2c3ccccc3OC2C1O. The number of nitrogens with one attached hydrogen (secondary N) is 1. The van der Waals surface area contributed by atoms with E-state index < -0.39 is 48.7 Å². The van der Waals surface area contributed by atoms with Gasteiger partial charge in [-0.3, -0.25) is 9.59 Å². The first-order valence-corrected chi connectivity index (χ1v) is 12.1. The summed E-state index contributed by atoms with van der Waals surface area (Å²) in [6.45, 7) is 0.127. The third-order valence-electron chi connectivity index (χ3n) is 6.40. The Kier molecular flexibility index (Phi) is 9.18. The average molecular weight is 499 g/mol. The molecule has 35 heavy (non-hydrogen) atoms. The highest BCUT2D eigenvalue weighted by Gasteiger charge is 2.51. The molecule has 1 aromatic rings. The van der Waals surface area contributed by atoms with Crippen LogP contribution in [0.3, 0.4) is 0 Å². The van der Waals surface area contributed by atoms with Crippen molar-refractivity contribution in [1.82, 2.24) is 10.2 Å². The number of fused-ring (bicyclic) bond motifs is 3. The lowest BCUT2D eigenvalue weighted by atomic mass is 9.77. The molecule has 4 atom stereocenters. The fraction of sp³-hybridized carbons (Fsp3) is 0.600. The van der Waals surface area contributed by atoms with E-state index in [9.17, 15) is 27.9 Å². The fourth-order valence-corrected chi connectivity index (χ4v) is 4.77. The molecule has 1 aliphatic heterocycles. The van der Waals surface area contributed by atoms with Crippen molar-refractivity contribution in [3.05, 3.63) is 41.5 Å². The number of aliphatic hydroxyl groups excluding tert-OH is 2. The smallest absolute Gasteiger partial charge is 0.406 e. The van der Waals surface area contributed by atoms with Crippen molar-refractivity contribution in [3.8, 4) is 5.75 Å². The Morgan fingerprint density at radius 1 is 1.14 bits per heavy atom. The highest BCUT2D eigenvalue weighted by Crippen LogP contribution is 2.47. The van der Waals surface area contributed by atoms with Crippen LogP contribution in [0.4, 0.5) is 13.2 Å². The second kappa shape index (κ2) is 11.9. The van der Waals surface area contributed by atoms with Crippen LogP contribution >= 0.6 is 0 Å². The summed E-state index contributed by atoms with van der Waals surface area (Å²) in [5, 5.41) is 22.8. The summed E-state index contributed by atoms with van der Waals surface area (Å²) in [7, 11) is 0. The molecule has 0 saturated heterocycles. The summed E-state index contributed by atoms with van der Waals surface area (Å²) in [6.07, 6.45) is -2.00. The molecule has 0 aromatic heterocycles. The van der Waals surface area contributed by atoms with Gasteiger partial charge >= 0.3 is 6.18 Å². The van der Waals surface area contributed by atoms with E-state index in [0.29, 0.717) is 22.6 Å². The Morgan fingerprint density at radius 3 is 2.54 bits per heavy atom. The number of amides is 2. The molecule has 2 aliphatic rings. The topological polar surface area (TPSA) is 99.1 Å². The lowest BCUT2D eigenvalue weighted by molar-refractivity contribution is -0.170. The molecule has 1 heterocycles. The maximum absolute atomic E-state index is 13.5. The maximum Gasteiger partial charge on any atom is 0.406 e. The molecule has 3 rings (SSSR count). The number of carbonyl (C=O) groups is 2. The average Bonchev–Trinajstić information content (AvgIpc) is 3.21. The number of hydrogen-bond acceptors (Lipinski definition) is 5. The van der Waals surface area contributed by atoms with Crippen LogP contribution in [0.15, 0.2) is 35.9 Å². The summed E-state index contributed by atoms with van der Waals surface area (Å²) < 4.78 is 46.4. The van der Waals surface area contributed by atoms with Gasteiger partial charge in [-0.2, -0.15) is 13.2 Å². The van der Waals surface area contributed by atoms with Gasteiger partial charge in [0.1, 0.15) is 24.5 Å². The van der Waals surface area contributed by atoms with Crippen LogP contribution in [0.25, 0.3) is 0 Å². The monoisotopic (exact) mass is 498 g/mol. The van der Waals surface area contributed by atoms with Gasteiger partial charge in [-0.1, -0.05) is 50.8 Å². The van der Waals surface area contributed by atoms with Gasteiger partial charge in [0.25, 0.3) is 0 Å². The van der Waals surface area contributed by atoms with Crippen LogP contribution in [-0.2, 0) is 9.59 Å². The second-order valence-electron chi connectivity index (χ2n) is 8.98. The zero-order chi connectivity index (χ0) is 25.6. The van der Waals surface area contributed by atoms with Gasteiger partial charge in [0, 0.05) is 24.1 Å². The zero-order valence-electron chi connectivity index (χ0n) is 19.8. The van der Waals surface area contributed by atoms with Crippen molar-refractivity contribution in [2.24, 2.45) is 0 Å². The molecule has 3 N–H and O–H groups in total. The minimum Gasteiger partial charge on any atom is -0.486 e. The van der Waals surface area contributed by atoms with Crippen molar-refractivity contribution >= 4 is 11.8 Å². The zero-order valence-corrected chi connectivity index (χ0v) is 19.8. The largest absolute Gasteiger partial charge is 0.486 e. The predicted octanol–water partition coefficient (Wildman–Crippen LogP) is 3.06. The number of hydrogen-bond donors (Lipinski definition) is 3. The van der Waals surface area contributed by atoms with Crippen LogP contribution in [0.5, 0.6) is 5.75 Å². The van der Waals surface area contributed by atoms with E-state index in [1.54, 1.807) is 24.3 Å². The maximum atomic E-state index is 13.5. The highest BCUT2D eigenvalue weighted by atomic mass is 19.4. The van der Waals surface area contributed by atoms with Crippen LogP contribution in [-0.4, -0.2) is 71.0 Å². The molecule has 0 bridgehead atoms. The van der Waals surface area contributed by atoms with Crippen molar-refractivity contribution in [2.45, 2.75) is 75.8 Å². The first-order valence-electron chi connectivity index (χ1n) is 12.1. The quantitative estimate of drug-likeness (QED) is 0.408. The molecule has 7 nitrogen and oxygen atoms in total. The normalized spacial score (nSPS) is 23.1. The van der Waals surface area contributed by atoms with Crippen molar-refractivity contribution < 1.29 is 37.7 Å². The number of alkyl halides is 3. The first kappa shape index (κ1) is 27.0. The molecular formula is C25H33F3N2O5. The third kappa shape index (κ3) is 6.55. The van der Waals surface area contributed by atoms with Gasteiger partial charge in [-0.25, -0.2) is 0 Å². The Balaban J connectivity index is 1.93. The van der Waals surface area contributed by atoms with Gasteiger partial charge in [-0.15, -0.1) is 0 Å². The molecule has 4 unspecified atom stereocenters. The number of benzene rings is 1.